The Morgan fingerprint density at radius 2 is 1.87 bits per heavy atom. The lowest BCUT2D eigenvalue weighted by atomic mass is 10.2. The smallest absolute Gasteiger partial charge is 0.269 e. The summed E-state index contributed by atoms with van der Waals surface area (Å²) in [6, 6.07) is 13.0. The number of benzene rings is 2. The summed E-state index contributed by atoms with van der Waals surface area (Å²) < 4.78 is 14.7. The summed E-state index contributed by atoms with van der Waals surface area (Å²) in [6.07, 6.45) is 0. The number of nitrogens with zero attached hydrogens (tertiary/aromatic N) is 4. The quantitative estimate of drug-likeness (QED) is 0.373. The molecule has 2 aromatic carbocycles. The van der Waals surface area contributed by atoms with Crippen LogP contribution in [0.1, 0.15) is 16.1 Å². The van der Waals surface area contributed by atoms with Crippen molar-refractivity contribution in [3.05, 3.63) is 87.2 Å². The van der Waals surface area contributed by atoms with Crippen LogP contribution < -0.4 is 5.32 Å². The van der Waals surface area contributed by atoms with E-state index in [1.165, 1.54) is 52.4 Å². The van der Waals surface area contributed by atoms with E-state index in [0.29, 0.717) is 22.3 Å². The molecule has 0 aliphatic rings. The van der Waals surface area contributed by atoms with Gasteiger partial charge in [-0.2, -0.15) is 9.78 Å². The lowest BCUT2D eigenvalue weighted by Crippen LogP contribution is -2.15. The fourth-order valence-electron chi connectivity index (χ4n) is 2.77. The van der Waals surface area contributed by atoms with Gasteiger partial charge in [-0.05, 0) is 43.3 Å². The van der Waals surface area contributed by atoms with Crippen LogP contribution in [0.3, 0.4) is 0 Å². The molecule has 30 heavy (non-hydrogen) atoms. The number of nitro groups is 1. The lowest BCUT2D eigenvalue weighted by Gasteiger charge is -2.06. The summed E-state index contributed by atoms with van der Waals surface area (Å²) in [5, 5.41) is 20.3. The van der Waals surface area contributed by atoms with E-state index < -0.39 is 10.8 Å². The molecule has 10 heteroatoms. The molecule has 0 saturated heterocycles. The molecule has 1 N–H and O–H groups in total. The molecule has 1 amide bonds. The lowest BCUT2D eigenvalue weighted by molar-refractivity contribution is -0.384. The molecule has 2 aromatic heterocycles. The summed E-state index contributed by atoms with van der Waals surface area (Å²) in [5.74, 6) is -0.342. The maximum atomic E-state index is 13.1. The topological polar surface area (TPSA) is 103 Å². The van der Waals surface area contributed by atoms with Crippen molar-refractivity contribution in [2.75, 3.05) is 5.32 Å². The molecule has 2 heterocycles. The third kappa shape index (κ3) is 3.94. The normalized spacial score (nSPS) is 10.7. The minimum atomic E-state index is -0.527. The zero-order chi connectivity index (χ0) is 21.3. The van der Waals surface area contributed by atoms with Crippen LogP contribution in [0, 0.1) is 22.9 Å². The third-order valence-corrected chi connectivity index (χ3v) is 5.04. The molecule has 0 radical (unpaired) electrons. The van der Waals surface area contributed by atoms with Gasteiger partial charge in [0.15, 0.2) is 0 Å². The molecule has 0 fully saturated rings. The van der Waals surface area contributed by atoms with E-state index in [-0.39, 0.29) is 17.1 Å². The van der Waals surface area contributed by atoms with Crippen LogP contribution in [0.4, 0.5) is 15.9 Å². The van der Waals surface area contributed by atoms with Crippen molar-refractivity contribution in [3.8, 4) is 16.4 Å². The zero-order valence-corrected chi connectivity index (χ0v) is 16.4. The minimum Gasteiger partial charge on any atom is -0.306 e. The first-order chi connectivity index (χ1) is 14.4. The highest BCUT2D eigenvalue weighted by Gasteiger charge is 2.16. The Labute approximate surface area is 173 Å². The number of hydrogen-bond donors (Lipinski definition) is 1. The Hall–Kier alpha value is -3.92. The average Bonchev–Trinajstić information content (AvgIpc) is 3.35. The van der Waals surface area contributed by atoms with Crippen molar-refractivity contribution in [3.63, 3.8) is 0 Å². The van der Waals surface area contributed by atoms with Gasteiger partial charge >= 0.3 is 0 Å². The van der Waals surface area contributed by atoms with E-state index in [9.17, 15) is 19.3 Å². The van der Waals surface area contributed by atoms with Gasteiger partial charge in [0.05, 0.1) is 16.3 Å². The van der Waals surface area contributed by atoms with Gasteiger partial charge < -0.3 is 5.32 Å². The molecule has 0 unspecified atom stereocenters. The Morgan fingerprint density at radius 3 is 2.53 bits per heavy atom. The molecule has 150 valence electrons. The van der Waals surface area contributed by atoms with Crippen LogP contribution in [0.15, 0.2) is 60.0 Å². The first-order valence-electron chi connectivity index (χ1n) is 8.75. The standard InChI is InChI=1S/C20H14FN5O3S/c1-12-10-18(23-19(27)14-4-8-16(9-5-14)26(28)29)25(24-12)20-22-17(11-30-20)13-2-6-15(21)7-3-13/h2-11H,1H3,(H,23,27). The van der Waals surface area contributed by atoms with Crippen molar-refractivity contribution in [1.82, 2.24) is 14.8 Å². The van der Waals surface area contributed by atoms with Crippen LogP contribution in [-0.2, 0) is 0 Å². The highest BCUT2D eigenvalue weighted by Crippen LogP contribution is 2.27. The Morgan fingerprint density at radius 1 is 1.17 bits per heavy atom. The highest BCUT2D eigenvalue weighted by atomic mass is 32.1. The summed E-state index contributed by atoms with van der Waals surface area (Å²) in [7, 11) is 0. The number of halogens is 1. The molecular formula is C20H14FN5O3S. The first-order valence-corrected chi connectivity index (χ1v) is 9.63. The van der Waals surface area contributed by atoms with E-state index in [4.69, 9.17) is 0 Å². The average molecular weight is 423 g/mol. The maximum absolute atomic E-state index is 13.1. The van der Waals surface area contributed by atoms with Crippen LogP contribution in [0.25, 0.3) is 16.4 Å². The third-order valence-electron chi connectivity index (χ3n) is 4.23. The van der Waals surface area contributed by atoms with Gasteiger partial charge in [0.2, 0.25) is 5.13 Å². The van der Waals surface area contributed by atoms with Gasteiger partial charge in [0.25, 0.3) is 11.6 Å². The van der Waals surface area contributed by atoms with Gasteiger partial charge in [-0.15, -0.1) is 11.3 Å². The summed E-state index contributed by atoms with van der Waals surface area (Å²) in [4.78, 5) is 27.3. The van der Waals surface area contributed by atoms with Gasteiger partial charge in [0, 0.05) is 34.7 Å². The molecule has 0 bridgehead atoms. The number of carbonyl (C=O) groups is 1. The number of aromatic nitrogens is 3. The van der Waals surface area contributed by atoms with E-state index in [0.717, 1.165) is 5.56 Å². The molecule has 4 rings (SSSR count). The van der Waals surface area contributed by atoms with Gasteiger partial charge in [-0.25, -0.2) is 9.37 Å². The van der Waals surface area contributed by atoms with Crippen LogP contribution in [0.5, 0.6) is 0 Å². The van der Waals surface area contributed by atoms with Crippen molar-refractivity contribution in [1.29, 1.82) is 0 Å². The fourth-order valence-corrected chi connectivity index (χ4v) is 3.57. The number of carbonyl (C=O) groups excluding carboxylic acids is 1. The Bertz CT molecular complexity index is 1230. The Balaban J connectivity index is 1.59. The van der Waals surface area contributed by atoms with E-state index >= 15 is 0 Å². The number of thiazole rings is 1. The molecule has 0 atom stereocenters. The monoisotopic (exact) mass is 423 g/mol. The Kier molecular flexibility index (Phi) is 5.07. The number of amides is 1. The molecule has 0 aliphatic carbocycles. The number of aryl methyl sites for hydroxylation is 1. The second kappa shape index (κ2) is 7.84. The van der Waals surface area contributed by atoms with Crippen molar-refractivity contribution in [2.24, 2.45) is 0 Å². The summed E-state index contributed by atoms with van der Waals surface area (Å²) in [5.41, 5.74) is 2.28. The number of nitrogens with one attached hydrogen (secondary N) is 1. The van der Waals surface area contributed by atoms with Crippen LogP contribution in [-0.4, -0.2) is 25.6 Å². The zero-order valence-electron chi connectivity index (χ0n) is 15.6. The second-order valence-electron chi connectivity index (χ2n) is 6.36. The predicted molar refractivity (Wildman–Crippen MR) is 110 cm³/mol. The van der Waals surface area contributed by atoms with E-state index in [1.54, 1.807) is 25.1 Å². The van der Waals surface area contributed by atoms with Crippen LogP contribution in [0.2, 0.25) is 0 Å². The number of non-ortho nitro benzene ring substituents is 1. The van der Waals surface area contributed by atoms with Crippen molar-refractivity contribution < 1.29 is 14.1 Å². The summed E-state index contributed by atoms with van der Waals surface area (Å²) >= 11 is 1.33. The molecule has 0 spiro atoms. The SMILES string of the molecule is Cc1cc(NC(=O)c2ccc([N+](=O)[O-])cc2)n(-c2nc(-c3ccc(F)cc3)cs2)n1. The van der Waals surface area contributed by atoms with Crippen LogP contribution >= 0.6 is 11.3 Å². The molecule has 0 saturated carbocycles. The van der Waals surface area contributed by atoms with E-state index in [2.05, 4.69) is 15.4 Å². The predicted octanol–water partition coefficient (Wildman–Crippen LogP) is 4.60. The molecule has 8 nitrogen and oxygen atoms in total. The number of nitro benzene ring substituents is 1. The van der Waals surface area contributed by atoms with Gasteiger partial charge in [-0.1, -0.05) is 0 Å². The molecule has 0 aliphatic heterocycles. The molecule has 4 aromatic rings. The molecular weight excluding hydrogens is 409 g/mol. The maximum Gasteiger partial charge on any atom is 0.269 e. The van der Waals surface area contributed by atoms with E-state index in [1.807, 2.05) is 5.38 Å². The summed E-state index contributed by atoms with van der Waals surface area (Å²) in [6.45, 7) is 1.78. The van der Waals surface area contributed by atoms with Crippen molar-refractivity contribution in [2.45, 2.75) is 6.92 Å². The fraction of sp³-hybridized carbons (Fsp3) is 0.0500. The van der Waals surface area contributed by atoms with Gasteiger partial charge in [0.1, 0.15) is 11.6 Å². The highest BCUT2D eigenvalue weighted by molar-refractivity contribution is 7.12. The second-order valence-corrected chi connectivity index (χ2v) is 7.20. The van der Waals surface area contributed by atoms with Crippen molar-refractivity contribution >= 4 is 28.7 Å². The van der Waals surface area contributed by atoms with Gasteiger partial charge in [-0.3, -0.25) is 14.9 Å². The largest absolute Gasteiger partial charge is 0.306 e. The number of rotatable bonds is 5. The number of anilines is 1. The number of hydrogen-bond acceptors (Lipinski definition) is 6. The minimum absolute atomic E-state index is 0.0939. The first kappa shape index (κ1) is 19.4.